The lowest BCUT2D eigenvalue weighted by molar-refractivity contribution is -0.115. The lowest BCUT2D eigenvalue weighted by Gasteiger charge is -2.14. The van der Waals surface area contributed by atoms with Crippen LogP contribution in [0.1, 0.15) is 35.5 Å². The molecule has 0 unspecified atom stereocenters. The van der Waals surface area contributed by atoms with Crippen molar-refractivity contribution >= 4 is 11.6 Å². The second-order valence-electron chi connectivity index (χ2n) is 7.12. The predicted octanol–water partition coefficient (Wildman–Crippen LogP) is 4.37. The lowest BCUT2D eigenvalue weighted by atomic mass is 10.1. The van der Waals surface area contributed by atoms with Gasteiger partial charge in [-0.15, -0.1) is 0 Å². The van der Waals surface area contributed by atoms with Crippen LogP contribution in [0.5, 0.6) is 0 Å². The van der Waals surface area contributed by atoms with E-state index in [0.29, 0.717) is 16.9 Å². The molecule has 7 heteroatoms. The van der Waals surface area contributed by atoms with Crippen molar-refractivity contribution in [1.29, 1.82) is 0 Å². The zero-order valence-corrected chi connectivity index (χ0v) is 16.9. The third-order valence-electron chi connectivity index (χ3n) is 4.85. The average molecular weight is 398 g/mol. The van der Waals surface area contributed by atoms with Gasteiger partial charge < -0.3 is 10.6 Å². The quantitative estimate of drug-likeness (QED) is 0.648. The first kappa shape index (κ1) is 20.7. The molecule has 1 aromatic heterocycles. The molecule has 0 bridgehead atoms. The van der Waals surface area contributed by atoms with E-state index in [2.05, 4.69) is 15.7 Å². The number of amides is 1. The normalized spacial score (nSPS) is 12.1. The van der Waals surface area contributed by atoms with Crippen molar-refractivity contribution in [3.05, 3.63) is 76.6 Å². The molecule has 0 aliphatic carbocycles. The molecule has 0 aliphatic heterocycles. The van der Waals surface area contributed by atoms with E-state index in [4.69, 9.17) is 0 Å². The first-order valence-electron chi connectivity index (χ1n) is 9.37. The third-order valence-corrected chi connectivity index (χ3v) is 4.85. The maximum Gasteiger partial charge on any atom is 0.238 e. The number of carbonyl (C=O) groups is 1. The van der Waals surface area contributed by atoms with E-state index in [1.807, 2.05) is 45.0 Å². The van der Waals surface area contributed by atoms with Crippen LogP contribution in [-0.2, 0) is 4.79 Å². The minimum Gasteiger partial charge on any atom is -0.322 e. The monoisotopic (exact) mass is 398 g/mol. The number of nitrogens with one attached hydrogen (secondary N) is 2. The Balaban J connectivity index is 1.66. The van der Waals surface area contributed by atoms with Crippen LogP contribution >= 0.6 is 0 Å². The fourth-order valence-electron chi connectivity index (χ4n) is 3.09. The SMILES string of the molecule is Cc1ccc(-n2nc(C)c(NC(=O)CN[C@H](C)c3ccc(F)c(F)c3)c2C)cc1. The van der Waals surface area contributed by atoms with E-state index in [1.54, 1.807) is 11.6 Å². The van der Waals surface area contributed by atoms with Gasteiger partial charge in [-0.2, -0.15) is 5.10 Å². The highest BCUT2D eigenvalue weighted by molar-refractivity contribution is 5.93. The Morgan fingerprint density at radius 2 is 1.76 bits per heavy atom. The summed E-state index contributed by atoms with van der Waals surface area (Å²) < 4.78 is 28.3. The smallest absolute Gasteiger partial charge is 0.238 e. The van der Waals surface area contributed by atoms with Crippen molar-refractivity contribution < 1.29 is 13.6 Å². The molecule has 2 aromatic carbocycles. The van der Waals surface area contributed by atoms with Gasteiger partial charge in [0.2, 0.25) is 5.91 Å². The molecule has 0 saturated carbocycles. The third kappa shape index (κ3) is 4.68. The fraction of sp³-hybridized carbons (Fsp3) is 0.273. The average Bonchev–Trinajstić information content (AvgIpc) is 2.97. The number of hydrogen-bond acceptors (Lipinski definition) is 3. The zero-order valence-electron chi connectivity index (χ0n) is 16.9. The number of rotatable bonds is 6. The number of hydrogen-bond donors (Lipinski definition) is 2. The maximum atomic E-state index is 13.4. The number of aromatic nitrogens is 2. The lowest BCUT2D eigenvalue weighted by Crippen LogP contribution is -2.30. The Morgan fingerprint density at radius 1 is 1.07 bits per heavy atom. The first-order chi connectivity index (χ1) is 13.8. The van der Waals surface area contributed by atoms with Crippen molar-refractivity contribution in [1.82, 2.24) is 15.1 Å². The van der Waals surface area contributed by atoms with Crippen LogP contribution in [0.15, 0.2) is 42.5 Å². The van der Waals surface area contributed by atoms with E-state index < -0.39 is 11.6 Å². The van der Waals surface area contributed by atoms with E-state index >= 15 is 0 Å². The Labute approximate surface area is 168 Å². The minimum absolute atomic E-state index is 0.0226. The summed E-state index contributed by atoms with van der Waals surface area (Å²) >= 11 is 0. The van der Waals surface area contributed by atoms with Gasteiger partial charge in [-0.25, -0.2) is 13.5 Å². The molecule has 0 radical (unpaired) electrons. The maximum absolute atomic E-state index is 13.4. The molecule has 3 aromatic rings. The molecule has 0 saturated heterocycles. The second kappa shape index (κ2) is 8.53. The van der Waals surface area contributed by atoms with Gasteiger partial charge in [0.25, 0.3) is 0 Å². The van der Waals surface area contributed by atoms with Crippen molar-refractivity contribution in [3.8, 4) is 5.69 Å². The summed E-state index contributed by atoms with van der Waals surface area (Å²) in [5.74, 6) is -2.04. The van der Waals surface area contributed by atoms with E-state index in [9.17, 15) is 13.6 Å². The highest BCUT2D eigenvalue weighted by Gasteiger charge is 2.16. The molecule has 29 heavy (non-hydrogen) atoms. The summed E-state index contributed by atoms with van der Waals surface area (Å²) in [6.07, 6.45) is 0. The number of nitrogens with zero attached hydrogens (tertiary/aromatic N) is 2. The largest absolute Gasteiger partial charge is 0.322 e. The van der Waals surface area contributed by atoms with Crippen molar-refractivity contribution in [2.24, 2.45) is 0 Å². The number of aryl methyl sites for hydroxylation is 2. The topological polar surface area (TPSA) is 59.0 Å². The molecule has 3 rings (SSSR count). The molecule has 1 amide bonds. The molecule has 2 N–H and O–H groups in total. The standard InChI is InChI=1S/C22H24F2N4O/c1-13-5-8-18(9-6-13)28-16(4)22(15(3)27-28)26-21(29)12-25-14(2)17-7-10-19(23)20(24)11-17/h5-11,14,25H,12H2,1-4H3,(H,26,29)/t14-/m1/s1. The van der Waals surface area contributed by atoms with Crippen LogP contribution in [0.4, 0.5) is 14.5 Å². The highest BCUT2D eigenvalue weighted by Crippen LogP contribution is 2.23. The molecule has 0 spiro atoms. The van der Waals surface area contributed by atoms with Crippen LogP contribution < -0.4 is 10.6 Å². The van der Waals surface area contributed by atoms with Crippen LogP contribution in [-0.4, -0.2) is 22.2 Å². The minimum atomic E-state index is -0.907. The Kier molecular flexibility index (Phi) is 6.08. The molecule has 1 heterocycles. The van der Waals surface area contributed by atoms with Gasteiger partial charge in [0.15, 0.2) is 11.6 Å². The van der Waals surface area contributed by atoms with Gasteiger partial charge in [-0.3, -0.25) is 4.79 Å². The number of carbonyl (C=O) groups excluding carboxylic acids is 1. The van der Waals surface area contributed by atoms with Gasteiger partial charge in [0, 0.05) is 6.04 Å². The first-order valence-corrected chi connectivity index (χ1v) is 9.37. The van der Waals surface area contributed by atoms with Crippen LogP contribution in [0.25, 0.3) is 5.69 Å². The zero-order chi connectivity index (χ0) is 21.1. The van der Waals surface area contributed by atoms with E-state index in [0.717, 1.165) is 29.1 Å². The molecular weight excluding hydrogens is 374 g/mol. The highest BCUT2D eigenvalue weighted by atomic mass is 19.2. The summed E-state index contributed by atoms with van der Waals surface area (Å²) in [5, 5.41) is 10.4. The molecule has 0 aliphatic rings. The number of benzene rings is 2. The molecule has 5 nitrogen and oxygen atoms in total. The predicted molar refractivity (Wildman–Crippen MR) is 109 cm³/mol. The van der Waals surface area contributed by atoms with Gasteiger partial charge in [0.05, 0.1) is 29.3 Å². The van der Waals surface area contributed by atoms with Gasteiger partial charge >= 0.3 is 0 Å². The molecule has 1 atom stereocenters. The van der Waals surface area contributed by atoms with Crippen molar-refractivity contribution in [2.45, 2.75) is 33.7 Å². The number of anilines is 1. The van der Waals surface area contributed by atoms with Gasteiger partial charge in [0.1, 0.15) is 0 Å². The van der Waals surface area contributed by atoms with E-state index in [1.165, 1.54) is 6.07 Å². The Morgan fingerprint density at radius 3 is 2.41 bits per heavy atom. The number of halogens is 2. The van der Waals surface area contributed by atoms with Crippen LogP contribution in [0.2, 0.25) is 0 Å². The van der Waals surface area contributed by atoms with Gasteiger partial charge in [-0.1, -0.05) is 23.8 Å². The van der Waals surface area contributed by atoms with Crippen molar-refractivity contribution in [3.63, 3.8) is 0 Å². The van der Waals surface area contributed by atoms with Crippen molar-refractivity contribution in [2.75, 3.05) is 11.9 Å². The Bertz CT molecular complexity index is 1030. The van der Waals surface area contributed by atoms with E-state index in [-0.39, 0.29) is 18.5 Å². The second-order valence-corrected chi connectivity index (χ2v) is 7.12. The summed E-state index contributed by atoms with van der Waals surface area (Å²) in [5.41, 5.74) is 4.85. The Hall–Kier alpha value is -3.06. The van der Waals surface area contributed by atoms with Crippen LogP contribution in [0, 0.1) is 32.4 Å². The molecule has 0 fully saturated rings. The summed E-state index contributed by atoms with van der Waals surface area (Å²) in [6, 6.07) is 11.4. The summed E-state index contributed by atoms with van der Waals surface area (Å²) in [7, 11) is 0. The summed E-state index contributed by atoms with van der Waals surface area (Å²) in [4.78, 5) is 12.4. The van der Waals surface area contributed by atoms with Gasteiger partial charge in [-0.05, 0) is 57.5 Å². The van der Waals surface area contributed by atoms with Crippen LogP contribution in [0.3, 0.4) is 0 Å². The molecular formula is C22H24F2N4O. The molecule has 152 valence electrons. The fourth-order valence-corrected chi connectivity index (χ4v) is 3.09. The summed E-state index contributed by atoms with van der Waals surface area (Å²) in [6.45, 7) is 7.56.